The summed E-state index contributed by atoms with van der Waals surface area (Å²) in [6, 6.07) is 12.4. The van der Waals surface area contributed by atoms with Gasteiger partial charge in [0.15, 0.2) is 0 Å². The molecular formula is C24H31N3O. The molecule has 4 aliphatic rings. The van der Waals surface area contributed by atoms with E-state index in [2.05, 4.69) is 23.6 Å². The SMILES string of the molecule is CC(N/C=C(/C#N)C(=O)NCCc1ccccc1)C12CC3CC(CC(C3)C1)C2. The third kappa shape index (κ3) is 3.94. The van der Waals surface area contributed by atoms with Crippen LogP contribution in [0.1, 0.15) is 51.0 Å². The number of rotatable bonds is 7. The molecule has 0 spiro atoms. The average Bonchev–Trinajstić information content (AvgIpc) is 2.68. The standard InChI is InChI=1S/C24H31N3O/c1-17(24-12-19-9-20(13-24)11-21(10-19)14-24)27-16-22(15-25)23(28)26-8-7-18-5-3-2-4-6-18/h2-6,16-17,19-21,27H,7-14H2,1H3,(H,26,28)/b22-16-. The van der Waals surface area contributed by atoms with E-state index >= 15 is 0 Å². The molecule has 1 aromatic carbocycles. The van der Waals surface area contributed by atoms with E-state index in [1.165, 1.54) is 44.1 Å². The Labute approximate surface area is 168 Å². The molecule has 4 nitrogen and oxygen atoms in total. The predicted molar refractivity (Wildman–Crippen MR) is 110 cm³/mol. The zero-order chi connectivity index (χ0) is 19.6. The second kappa shape index (κ2) is 7.99. The van der Waals surface area contributed by atoms with Gasteiger partial charge in [-0.15, -0.1) is 0 Å². The van der Waals surface area contributed by atoms with Crippen LogP contribution in [0.3, 0.4) is 0 Å². The highest BCUT2D eigenvalue weighted by molar-refractivity contribution is 5.97. The maximum absolute atomic E-state index is 12.4. The summed E-state index contributed by atoms with van der Waals surface area (Å²) in [6.45, 7) is 2.78. The minimum atomic E-state index is -0.288. The fourth-order valence-corrected chi connectivity index (χ4v) is 6.30. The van der Waals surface area contributed by atoms with Crippen LogP contribution in [0, 0.1) is 34.5 Å². The predicted octanol–water partition coefficient (Wildman–Crippen LogP) is 3.95. The second-order valence-corrected chi connectivity index (χ2v) is 9.33. The van der Waals surface area contributed by atoms with Gasteiger partial charge in [0.1, 0.15) is 11.6 Å². The van der Waals surface area contributed by atoms with E-state index in [1.54, 1.807) is 6.20 Å². The first-order valence-electron chi connectivity index (χ1n) is 10.8. The van der Waals surface area contributed by atoms with E-state index in [0.29, 0.717) is 18.0 Å². The van der Waals surface area contributed by atoms with Crippen LogP contribution in [0.15, 0.2) is 42.1 Å². The van der Waals surface area contributed by atoms with Gasteiger partial charge in [-0.25, -0.2) is 0 Å². The molecule has 4 saturated carbocycles. The summed E-state index contributed by atoms with van der Waals surface area (Å²) in [5, 5.41) is 15.7. The van der Waals surface area contributed by atoms with Crippen LogP contribution in [0.5, 0.6) is 0 Å². The number of carbonyl (C=O) groups excluding carboxylic acids is 1. The molecule has 0 heterocycles. The van der Waals surface area contributed by atoms with Gasteiger partial charge < -0.3 is 10.6 Å². The van der Waals surface area contributed by atoms with Gasteiger partial charge >= 0.3 is 0 Å². The van der Waals surface area contributed by atoms with Crippen LogP contribution in [-0.2, 0) is 11.2 Å². The topological polar surface area (TPSA) is 64.9 Å². The quantitative estimate of drug-likeness (QED) is 0.559. The molecule has 1 aromatic rings. The monoisotopic (exact) mass is 377 g/mol. The maximum Gasteiger partial charge on any atom is 0.263 e. The first-order valence-corrected chi connectivity index (χ1v) is 10.8. The molecule has 0 aromatic heterocycles. The Morgan fingerprint density at radius 2 is 1.79 bits per heavy atom. The summed E-state index contributed by atoms with van der Waals surface area (Å²) in [5.74, 6) is 2.41. The van der Waals surface area contributed by atoms with Gasteiger partial charge in [-0.05, 0) is 80.6 Å². The molecule has 5 rings (SSSR count). The molecule has 4 aliphatic carbocycles. The Morgan fingerprint density at radius 3 is 2.36 bits per heavy atom. The summed E-state index contributed by atoms with van der Waals surface area (Å²) in [4.78, 5) is 12.4. The number of benzene rings is 1. The van der Waals surface area contributed by atoms with Crippen molar-refractivity contribution in [3.63, 3.8) is 0 Å². The number of nitrogens with one attached hydrogen (secondary N) is 2. The third-order valence-electron chi connectivity index (χ3n) is 7.39. The number of hydrogen-bond acceptors (Lipinski definition) is 3. The number of hydrogen-bond donors (Lipinski definition) is 2. The molecule has 4 heteroatoms. The molecule has 28 heavy (non-hydrogen) atoms. The lowest BCUT2D eigenvalue weighted by Crippen LogP contribution is -2.54. The molecule has 4 bridgehead atoms. The van der Waals surface area contributed by atoms with Crippen molar-refractivity contribution < 1.29 is 4.79 Å². The van der Waals surface area contributed by atoms with Crippen molar-refractivity contribution in [3.05, 3.63) is 47.7 Å². The fraction of sp³-hybridized carbons (Fsp3) is 0.583. The van der Waals surface area contributed by atoms with Crippen molar-refractivity contribution in [2.45, 2.75) is 57.9 Å². The lowest BCUT2D eigenvalue weighted by atomic mass is 9.48. The van der Waals surface area contributed by atoms with Gasteiger partial charge in [0.25, 0.3) is 5.91 Å². The van der Waals surface area contributed by atoms with E-state index < -0.39 is 0 Å². The second-order valence-electron chi connectivity index (χ2n) is 9.33. The van der Waals surface area contributed by atoms with Crippen molar-refractivity contribution >= 4 is 5.91 Å². The van der Waals surface area contributed by atoms with E-state index in [-0.39, 0.29) is 11.5 Å². The van der Waals surface area contributed by atoms with Gasteiger partial charge in [0.2, 0.25) is 0 Å². The van der Waals surface area contributed by atoms with Crippen molar-refractivity contribution in [1.82, 2.24) is 10.6 Å². The van der Waals surface area contributed by atoms with Gasteiger partial charge in [-0.1, -0.05) is 30.3 Å². The summed E-state index contributed by atoms with van der Waals surface area (Å²) < 4.78 is 0. The third-order valence-corrected chi connectivity index (χ3v) is 7.39. The molecule has 0 saturated heterocycles. The number of carbonyl (C=O) groups is 1. The molecule has 4 fully saturated rings. The van der Waals surface area contributed by atoms with Crippen molar-refractivity contribution in [3.8, 4) is 6.07 Å². The number of amides is 1. The van der Waals surface area contributed by atoms with Crippen molar-refractivity contribution in [2.75, 3.05) is 6.54 Å². The lowest BCUT2D eigenvalue weighted by molar-refractivity contribution is -0.117. The summed E-state index contributed by atoms with van der Waals surface area (Å²) >= 11 is 0. The van der Waals surface area contributed by atoms with Crippen molar-refractivity contribution in [1.29, 1.82) is 5.26 Å². The largest absolute Gasteiger partial charge is 0.387 e. The molecule has 1 amide bonds. The Kier molecular flexibility index (Phi) is 5.44. The van der Waals surface area contributed by atoms with Gasteiger partial charge in [-0.2, -0.15) is 5.26 Å². The smallest absolute Gasteiger partial charge is 0.263 e. The zero-order valence-electron chi connectivity index (χ0n) is 16.8. The molecule has 148 valence electrons. The van der Waals surface area contributed by atoms with Crippen LogP contribution in [0.4, 0.5) is 0 Å². The maximum atomic E-state index is 12.4. The molecule has 0 radical (unpaired) electrons. The van der Waals surface area contributed by atoms with Crippen LogP contribution in [0.25, 0.3) is 0 Å². The van der Waals surface area contributed by atoms with Gasteiger partial charge in [0.05, 0.1) is 0 Å². The molecule has 0 aliphatic heterocycles. The molecule has 1 atom stereocenters. The first kappa shape index (κ1) is 19.1. The van der Waals surface area contributed by atoms with Crippen LogP contribution in [0.2, 0.25) is 0 Å². The minimum Gasteiger partial charge on any atom is -0.387 e. The Hall–Kier alpha value is -2.28. The highest BCUT2D eigenvalue weighted by Gasteiger charge is 2.52. The Balaban J connectivity index is 1.32. The molecule has 1 unspecified atom stereocenters. The van der Waals surface area contributed by atoms with E-state index in [0.717, 1.165) is 24.2 Å². The van der Waals surface area contributed by atoms with Crippen LogP contribution >= 0.6 is 0 Å². The van der Waals surface area contributed by atoms with E-state index in [4.69, 9.17) is 0 Å². The highest BCUT2D eigenvalue weighted by atomic mass is 16.1. The molecule has 2 N–H and O–H groups in total. The number of nitriles is 1. The minimum absolute atomic E-state index is 0.171. The van der Waals surface area contributed by atoms with Crippen molar-refractivity contribution in [2.24, 2.45) is 23.2 Å². The summed E-state index contributed by atoms with van der Waals surface area (Å²) in [7, 11) is 0. The van der Waals surface area contributed by atoms with Gasteiger partial charge in [0, 0.05) is 18.8 Å². The zero-order valence-corrected chi connectivity index (χ0v) is 16.8. The van der Waals surface area contributed by atoms with Crippen LogP contribution < -0.4 is 10.6 Å². The van der Waals surface area contributed by atoms with Gasteiger partial charge in [-0.3, -0.25) is 4.79 Å². The van der Waals surface area contributed by atoms with Crippen LogP contribution in [-0.4, -0.2) is 18.5 Å². The summed E-state index contributed by atoms with van der Waals surface area (Å²) in [6.07, 6.45) is 10.6. The lowest BCUT2D eigenvalue weighted by Gasteiger charge is -2.59. The Bertz CT molecular complexity index is 742. The average molecular weight is 378 g/mol. The normalized spacial score (nSPS) is 31.9. The fourth-order valence-electron chi connectivity index (χ4n) is 6.30. The molecular weight excluding hydrogens is 346 g/mol. The highest BCUT2D eigenvalue weighted by Crippen LogP contribution is 2.61. The number of nitrogens with zero attached hydrogens (tertiary/aromatic N) is 1. The van der Waals surface area contributed by atoms with E-state index in [1.807, 2.05) is 30.3 Å². The van der Waals surface area contributed by atoms with E-state index in [9.17, 15) is 10.1 Å². The Morgan fingerprint density at radius 1 is 1.18 bits per heavy atom. The first-order chi connectivity index (χ1) is 13.6. The summed E-state index contributed by atoms with van der Waals surface area (Å²) in [5.41, 5.74) is 1.71.